The highest BCUT2D eigenvalue weighted by Gasteiger charge is 2.21. The lowest BCUT2D eigenvalue weighted by molar-refractivity contribution is 0.454. The number of nitrogens with zero attached hydrogens (tertiary/aromatic N) is 6. The molecule has 0 amide bonds. The number of halogens is 1. The third-order valence-electron chi connectivity index (χ3n) is 5.75. The molecular formula is C24H20FN9O2. The van der Waals surface area contributed by atoms with E-state index < -0.39 is 11.6 Å². The van der Waals surface area contributed by atoms with Gasteiger partial charge in [-0.05, 0) is 41.7 Å². The zero-order valence-electron chi connectivity index (χ0n) is 18.8. The number of pyridine rings is 1. The molecule has 0 bridgehead atoms. The van der Waals surface area contributed by atoms with E-state index in [9.17, 15) is 14.3 Å². The lowest BCUT2D eigenvalue weighted by atomic mass is 10.0. The van der Waals surface area contributed by atoms with Crippen LogP contribution in [-0.2, 0) is 6.54 Å². The van der Waals surface area contributed by atoms with Crippen molar-refractivity contribution in [2.75, 3.05) is 5.32 Å². The minimum Gasteiger partial charge on any atom is -0.493 e. The Morgan fingerprint density at radius 1 is 1.22 bits per heavy atom. The van der Waals surface area contributed by atoms with E-state index in [2.05, 4.69) is 40.3 Å². The van der Waals surface area contributed by atoms with Gasteiger partial charge in [0, 0.05) is 24.0 Å². The van der Waals surface area contributed by atoms with Crippen molar-refractivity contribution in [3.8, 4) is 17.0 Å². The highest BCUT2D eigenvalue weighted by Crippen LogP contribution is 2.24. The molecule has 11 nitrogen and oxygen atoms in total. The molecule has 1 aliphatic carbocycles. The molecule has 6 rings (SSSR count). The van der Waals surface area contributed by atoms with Crippen molar-refractivity contribution >= 4 is 17.7 Å². The van der Waals surface area contributed by atoms with Crippen LogP contribution in [0.3, 0.4) is 0 Å². The molecule has 1 saturated carbocycles. The maximum atomic E-state index is 13.7. The fourth-order valence-corrected chi connectivity index (χ4v) is 3.86. The Morgan fingerprint density at radius 2 is 2.08 bits per heavy atom. The highest BCUT2D eigenvalue weighted by atomic mass is 19.1. The van der Waals surface area contributed by atoms with Crippen LogP contribution in [0.25, 0.3) is 22.9 Å². The van der Waals surface area contributed by atoms with Gasteiger partial charge in [-0.25, -0.2) is 14.8 Å². The Kier molecular flexibility index (Phi) is 5.25. The third kappa shape index (κ3) is 4.31. The predicted octanol–water partition coefficient (Wildman–Crippen LogP) is 1.27. The summed E-state index contributed by atoms with van der Waals surface area (Å²) in [5, 5.41) is 18.1. The molecule has 12 heteroatoms. The van der Waals surface area contributed by atoms with E-state index in [0.29, 0.717) is 34.5 Å². The second-order valence-electron chi connectivity index (χ2n) is 8.41. The number of fused-ring (bicyclic) bond motifs is 1. The molecule has 1 aromatic carbocycles. The fourth-order valence-electron chi connectivity index (χ4n) is 3.86. The van der Waals surface area contributed by atoms with Crippen LogP contribution in [0, 0.1) is 5.95 Å². The Labute approximate surface area is 202 Å². The van der Waals surface area contributed by atoms with Crippen LogP contribution in [0.15, 0.2) is 58.6 Å². The van der Waals surface area contributed by atoms with Gasteiger partial charge in [-0.2, -0.15) is 24.0 Å². The molecule has 4 aromatic heterocycles. The van der Waals surface area contributed by atoms with Gasteiger partial charge in [0.2, 0.25) is 17.8 Å². The standard InChI is InChI=1S/C24H20FN9O2/c25-19-10-13(7-8-26-19)17-4-2-1-3-14(17)11-27-22-31-20-15(9-18-21(35)32-24(36)30-18)12-28-34(20)23(33-22)29-16-5-6-16/h1-4,7-10,12,16,35H,5-6,11H2,(H,27,29,33)(H2,30,32,36). The van der Waals surface area contributed by atoms with Crippen LogP contribution in [0.4, 0.5) is 10.3 Å². The molecule has 0 unspecified atom stereocenters. The number of aromatic hydroxyl groups is 1. The molecule has 180 valence electrons. The number of aromatic amines is 2. The summed E-state index contributed by atoms with van der Waals surface area (Å²) in [4.78, 5) is 33.8. The second kappa shape index (κ2) is 8.73. The van der Waals surface area contributed by atoms with Crippen molar-refractivity contribution < 1.29 is 9.50 Å². The van der Waals surface area contributed by atoms with E-state index in [0.717, 1.165) is 24.0 Å². The Morgan fingerprint density at radius 3 is 2.86 bits per heavy atom. The molecule has 0 aliphatic heterocycles. The van der Waals surface area contributed by atoms with Gasteiger partial charge in [0.25, 0.3) is 5.62 Å². The van der Waals surface area contributed by atoms with Crippen LogP contribution in [0.1, 0.15) is 24.1 Å². The maximum Gasteiger partial charge on any atom is 0.326 e. The Balaban J connectivity index is 1.40. The van der Waals surface area contributed by atoms with Crippen molar-refractivity contribution in [1.82, 2.24) is 34.5 Å². The van der Waals surface area contributed by atoms with Gasteiger partial charge >= 0.3 is 5.69 Å². The van der Waals surface area contributed by atoms with Gasteiger partial charge in [-0.3, -0.25) is 4.98 Å². The number of nitrogens with one attached hydrogen (secondary N) is 3. The number of imidazole rings is 1. The first-order valence-electron chi connectivity index (χ1n) is 11.3. The number of aromatic nitrogens is 7. The van der Waals surface area contributed by atoms with E-state index >= 15 is 0 Å². The lowest BCUT2D eigenvalue weighted by Crippen LogP contribution is -2.24. The molecular weight excluding hydrogens is 465 g/mol. The van der Waals surface area contributed by atoms with Crippen molar-refractivity contribution in [3.63, 3.8) is 0 Å². The van der Waals surface area contributed by atoms with E-state index in [-0.39, 0.29) is 17.6 Å². The first kappa shape index (κ1) is 21.6. The summed E-state index contributed by atoms with van der Waals surface area (Å²) in [7, 11) is 0. The SMILES string of the molecule is O=c1[nH]c(O)c(C=c2cnn3c(=NC4CC4)nc(NCc4ccccc4-c4ccnc(F)c4)nc23)[nH]1. The summed E-state index contributed by atoms with van der Waals surface area (Å²) >= 11 is 0. The van der Waals surface area contributed by atoms with Crippen molar-refractivity contribution in [2.45, 2.75) is 25.4 Å². The van der Waals surface area contributed by atoms with E-state index in [1.54, 1.807) is 18.3 Å². The van der Waals surface area contributed by atoms with Gasteiger partial charge in [0.05, 0.1) is 12.2 Å². The second-order valence-corrected chi connectivity index (χ2v) is 8.41. The maximum absolute atomic E-state index is 13.7. The average Bonchev–Trinajstić information content (AvgIpc) is 3.51. The van der Waals surface area contributed by atoms with Crippen LogP contribution >= 0.6 is 0 Å². The number of anilines is 1. The number of hydrogen-bond acceptors (Lipinski definition) is 8. The molecule has 4 N–H and O–H groups in total. The Hall–Kier alpha value is -4.87. The first-order valence-corrected chi connectivity index (χ1v) is 11.3. The number of rotatable bonds is 6. The number of hydrogen-bond donors (Lipinski definition) is 4. The number of H-pyrrole nitrogens is 2. The minimum atomic E-state index is -0.547. The molecule has 0 radical (unpaired) electrons. The summed E-state index contributed by atoms with van der Waals surface area (Å²) in [6.45, 7) is 0.373. The molecule has 5 aromatic rings. The van der Waals surface area contributed by atoms with E-state index in [1.165, 1.54) is 16.8 Å². The molecule has 0 saturated heterocycles. The monoisotopic (exact) mass is 485 g/mol. The highest BCUT2D eigenvalue weighted by molar-refractivity contribution is 5.67. The van der Waals surface area contributed by atoms with Crippen LogP contribution in [0.5, 0.6) is 5.88 Å². The Bertz CT molecular complexity index is 1770. The van der Waals surface area contributed by atoms with Crippen molar-refractivity contribution in [1.29, 1.82) is 0 Å². The van der Waals surface area contributed by atoms with Crippen molar-refractivity contribution in [3.05, 3.63) is 87.3 Å². The summed E-state index contributed by atoms with van der Waals surface area (Å²) in [6, 6.07) is 11.0. The zero-order chi connectivity index (χ0) is 24.6. The average molecular weight is 485 g/mol. The van der Waals surface area contributed by atoms with E-state index in [1.807, 2.05) is 24.3 Å². The van der Waals surface area contributed by atoms with Crippen LogP contribution < -0.4 is 21.8 Å². The lowest BCUT2D eigenvalue weighted by Gasteiger charge is -2.11. The molecule has 1 fully saturated rings. The zero-order valence-corrected chi connectivity index (χ0v) is 18.8. The largest absolute Gasteiger partial charge is 0.493 e. The molecule has 36 heavy (non-hydrogen) atoms. The molecule has 4 heterocycles. The smallest absolute Gasteiger partial charge is 0.326 e. The molecule has 0 spiro atoms. The summed E-state index contributed by atoms with van der Waals surface area (Å²) < 4.78 is 15.3. The van der Waals surface area contributed by atoms with E-state index in [4.69, 9.17) is 0 Å². The molecule has 1 aliphatic rings. The van der Waals surface area contributed by atoms with Gasteiger partial charge in [-0.15, -0.1) is 0 Å². The first-order chi connectivity index (χ1) is 17.5. The summed E-state index contributed by atoms with van der Waals surface area (Å²) in [5.74, 6) is -0.493. The van der Waals surface area contributed by atoms with Gasteiger partial charge in [-0.1, -0.05) is 24.3 Å². The van der Waals surface area contributed by atoms with Gasteiger partial charge in [0.1, 0.15) is 5.69 Å². The predicted molar refractivity (Wildman–Crippen MR) is 128 cm³/mol. The summed E-state index contributed by atoms with van der Waals surface area (Å²) in [5.41, 5.74) is 3.04. The number of benzene rings is 1. The topological polar surface area (TPSA) is 149 Å². The quantitative estimate of drug-likeness (QED) is 0.265. The van der Waals surface area contributed by atoms with Crippen LogP contribution in [-0.4, -0.2) is 45.7 Å². The molecule has 0 atom stereocenters. The van der Waals surface area contributed by atoms with Gasteiger partial charge in [0.15, 0.2) is 5.65 Å². The van der Waals surface area contributed by atoms with Crippen LogP contribution in [0.2, 0.25) is 0 Å². The van der Waals surface area contributed by atoms with Crippen molar-refractivity contribution in [2.24, 2.45) is 4.99 Å². The minimum absolute atomic E-state index is 0.194. The third-order valence-corrected chi connectivity index (χ3v) is 5.75. The fraction of sp³-hybridized carbons (Fsp3) is 0.167. The normalized spacial score (nSPS) is 14.6. The summed E-state index contributed by atoms with van der Waals surface area (Å²) in [6.07, 6.45) is 6.55. The van der Waals surface area contributed by atoms with Gasteiger partial charge < -0.3 is 15.4 Å².